The molecular formula is C39H31N3. The van der Waals surface area contributed by atoms with Crippen molar-refractivity contribution in [3.8, 4) is 11.1 Å². The van der Waals surface area contributed by atoms with E-state index in [0.29, 0.717) is 0 Å². The molecule has 6 aromatic carbocycles. The molecule has 0 aliphatic carbocycles. The molecule has 3 heteroatoms. The minimum absolute atomic E-state index is 0.396. The van der Waals surface area contributed by atoms with Gasteiger partial charge in [0.1, 0.15) is 0 Å². The lowest BCUT2D eigenvalue weighted by molar-refractivity contribution is 0.683. The van der Waals surface area contributed by atoms with Gasteiger partial charge < -0.3 is 15.2 Å². The minimum atomic E-state index is -0.396. The Kier molecular flexibility index (Phi) is 5.48. The highest BCUT2D eigenvalue weighted by Crippen LogP contribution is 2.57. The first kappa shape index (κ1) is 24.5. The zero-order chi connectivity index (χ0) is 28.3. The summed E-state index contributed by atoms with van der Waals surface area (Å²) in [6.45, 7) is 2.39. The summed E-state index contributed by atoms with van der Waals surface area (Å²) in [4.78, 5) is 6.29. The van der Waals surface area contributed by atoms with Gasteiger partial charge in [-0.2, -0.15) is 0 Å². The smallest absolute Gasteiger partial charge is 0.0747 e. The van der Waals surface area contributed by atoms with Crippen LogP contribution >= 0.6 is 0 Å². The number of nitrogens with one attached hydrogen (secondary N) is 2. The second-order valence-corrected chi connectivity index (χ2v) is 11.2. The number of nitrogens with zero attached hydrogens (tertiary/aromatic N) is 1. The Morgan fingerprint density at radius 3 is 2.17 bits per heavy atom. The number of hydrogen-bond donors (Lipinski definition) is 2. The van der Waals surface area contributed by atoms with Crippen molar-refractivity contribution in [1.82, 2.24) is 4.98 Å². The van der Waals surface area contributed by atoms with E-state index < -0.39 is 5.41 Å². The predicted octanol–water partition coefficient (Wildman–Crippen LogP) is 10.2. The molecule has 0 radical (unpaired) electrons. The molecule has 2 N–H and O–H groups in total. The fourth-order valence-corrected chi connectivity index (χ4v) is 6.98. The highest BCUT2D eigenvalue weighted by molar-refractivity contribution is 6.14. The van der Waals surface area contributed by atoms with Crippen molar-refractivity contribution in [1.29, 1.82) is 0 Å². The van der Waals surface area contributed by atoms with Gasteiger partial charge >= 0.3 is 0 Å². The molecule has 1 aliphatic heterocycles. The maximum atomic E-state index is 3.83. The zero-order valence-corrected chi connectivity index (χ0v) is 23.7. The van der Waals surface area contributed by atoms with Crippen molar-refractivity contribution in [3.63, 3.8) is 0 Å². The molecule has 1 aliphatic rings. The molecule has 0 saturated carbocycles. The van der Waals surface area contributed by atoms with Crippen LogP contribution in [-0.4, -0.2) is 12.0 Å². The molecule has 1 aromatic heterocycles. The van der Waals surface area contributed by atoms with E-state index in [1.54, 1.807) is 0 Å². The number of para-hydroxylation sites is 3. The molecule has 0 bridgehead atoms. The van der Waals surface area contributed by atoms with Gasteiger partial charge in [-0.25, -0.2) is 0 Å². The van der Waals surface area contributed by atoms with Crippen LogP contribution in [0.2, 0.25) is 0 Å². The van der Waals surface area contributed by atoms with Gasteiger partial charge in [-0.3, -0.25) is 0 Å². The molecule has 1 unspecified atom stereocenters. The van der Waals surface area contributed by atoms with E-state index >= 15 is 0 Å². The molecule has 0 fully saturated rings. The van der Waals surface area contributed by atoms with E-state index in [4.69, 9.17) is 0 Å². The van der Waals surface area contributed by atoms with Crippen LogP contribution in [-0.2, 0) is 5.41 Å². The molecule has 2 heterocycles. The summed E-state index contributed by atoms with van der Waals surface area (Å²) in [5.41, 5.74) is 12.8. The first-order valence-corrected chi connectivity index (χ1v) is 14.5. The molecule has 3 nitrogen and oxygen atoms in total. The largest absolute Gasteiger partial charge is 0.388 e. The lowest BCUT2D eigenvalue weighted by Crippen LogP contribution is -2.34. The fourth-order valence-electron chi connectivity index (χ4n) is 6.98. The number of hydrogen-bond acceptors (Lipinski definition) is 2. The van der Waals surface area contributed by atoms with Crippen LogP contribution in [0.1, 0.15) is 23.6 Å². The Morgan fingerprint density at radius 2 is 1.36 bits per heavy atom. The second kappa shape index (κ2) is 9.39. The van der Waals surface area contributed by atoms with Gasteiger partial charge in [0.25, 0.3) is 0 Å². The van der Waals surface area contributed by atoms with Gasteiger partial charge in [0, 0.05) is 45.7 Å². The van der Waals surface area contributed by atoms with Crippen molar-refractivity contribution in [2.45, 2.75) is 12.3 Å². The van der Waals surface area contributed by atoms with Crippen molar-refractivity contribution in [2.75, 3.05) is 17.3 Å². The summed E-state index contributed by atoms with van der Waals surface area (Å²) >= 11 is 0. The van der Waals surface area contributed by atoms with Gasteiger partial charge in [0.15, 0.2) is 0 Å². The fraction of sp³-hybridized carbons (Fsp3) is 0.0769. The number of benzene rings is 6. The van der Waals surface area contributed by atoms with Crippen molar-refractivity contribution in [2.24, 2.45) is 0 Å². The van der Waals surface area contributed by atoms with Gasteiger partial charge in [-0.05, 0) is 65.6 Å². The van der Waals surface area contributed by atoms with Gasteiger partial charge in [-0.15, -0.1) is 0 Å². The second-order valence-electron chi connectivity index (χ2n) is 11.2. The lowest BCUT2D eigenvalue weighted by Gasteiger charge is -2.44. The lowest BCUT2D eigenvalue weighted by atomic mass is 9.67. The van der Waals surface area contributed by atoms with E-state index in [-0.39, 0.29) is 0 Å². The maximum absolute atomic E-state index is 3.83. The Morgan fingerprint density at radius 1 is 0.643 bits per heavy atom. The molecule has 7 aromatic rings. The number of aromatic nitrogens is 1. The third kappa shape index (κ3) is 3.47. The Labute approximate surface area is 246 Å². The van der Waals surface area contributed by atoms with Gasteiger partial charge in [0.2, 0.25) is 0 Å². The highest BCUT2D eigenvalue weighted by atomic mass is 15.2. The Balaban J connectivity index is 1.51. The van der Waals surface area contributed by atoms with Crippen molar-refractivity contribution in [3.05, 3.63) is 156 Å². The minimum Gasteiger partial charge on any atom is -0.388 e. The molecule has 202 valence electrons. The van der Waals surface area contributed by atoms with Gasteiger partial charge in [-0.1, -0.05) is 103 Å². The average Bonchev–Trinajstić information content (AvgIpc) is 3.45. The van der Waals surface area contributed by atoms with E-state index in [2.05, 4.69) is 162 Å². The monoisotopic (exact) mass is 541 g/mol. The van der Waals surface area contributed by atoms with Crippen LogP contribution in [0.15, 0.2) is 140 Å². The summed E-state index contributed by atoms with van der Waals surface area (Å²) in [6.07, 6.45) is 0. The van der Waals surface area contributed by atoms with E-state index in [1.165, 1.54) is 50.0 Å². The van der Waals surface area contributed by atoms with E-state index in [1.807, 2.05) is 7.05 Å². The molecule has 1 atom stereocenters. The Hall–Kier alpha value is -5.28. The molecule has 0 spiro atoms. The third-order valence-corrected chi connectivity index (χ3v) is 9.07. The van der Waals surface area contributed by atoms with Crippen LogP contribution in [0.4, 0.5) is 22.7 Å². The SMILES string of the molecule is CNc1ccccc1-c1ccc2c(c1)C(C)(c1ccccc1)c1ccc3c([nH]c4ccccc43)c1N2c1ccccc1. The molecular weight excluding hydrogens is 510 g/mol. The topological polar surface area (TPSA) is 31.1 Å². The van der Waals surface area contributed by atoms with Crippen LogP contribution in [0, 0.1) is 0 Å². The normalized spacial score (nSPS) is 15.9. The molecule has 0 saturated heterocycles. The summed E-state index contributed by atoms with van der Waals surface area (Å²) in [5.74, 6) is 0. The highest BCUT2D eigenvalue weighted by Gasteiger charge is 2.43. The van der Waals surface area contributed by atoms with Crippen molar-refractivity contribution < 1.29 is 0 Å². The Bertz CT molecular complexity index is 2090. The summed E-state index contributed by atoms with van der Waals surface area (Å²) < 4.78 is 0. The molecule has 8 rings (SSSR count). The standard InChI is InChI=1S/C39H31N3/c1-39(27-13-5-3-6-14-27)32-23-22-31-30-18-10-12-20-35(30)41-37(31)38(32)42(28-15-7-4-8-16-28)36-24-21-26(25-33(36)39)29-17-9-11-19-34(29)40-2/h3-25,40-41H,1-2H3. The number of fused-ring (bicyclic) bond motifs is 6. The van der Waals surface area contributed by atoms with Crippen LogP contribution in [0.5, 0.6) is 0 Å². The average molecular weight is 542 g/mol. The van der Waals surface area contributed by atoms with Crippen LogP contribution in [0.25, 0.3) is 32.9 Å². The summed E-state index contributed by atoms with van der Waals surface area (Å²) in [7, 11) is 1.99. The first-order valence-electron chi connectivity index (χ1n) is 14.5. The van der Waals surface area contributed by atoms with E-state index in [9.17, 15) is 0 Å². The number of H-pyrrole nitrogens is 1. The number of aromatic amines is 1. The molecule has 42 heavy (non-hydrogen) atoms. The van der Waals surface area contributed by atoms with Crippen molar-refractivity contribution >= 4 is 44.6 Å². The first-order chi connectivity index (χ1) is 20.7. The number of anilines is 4. The quantitative estimate of drug-likeness (QED) is 0.232. The van der Waals surface area contributed by atoms with Crippen LogP contribution < -0.4 is 10.2 Å². The maximum Gasteiger partial charge on any atom is 0.0747 e. The van der Waals surface area contributed by atoms with Gasteiger partial charge in [0.05, 0.1) is 16.9 Å². The zero-order valence-electron chi connectivity index (χ0n) is 23.7. The summed E-state index contributed by atoms with van der Waals surface area (Å²) in [6, 6.07) is 50.6. The molecule has 0 amide bonds. The van der Waals surface area contributed by atoms with E-state index in [0.717, 1.165) is 22.4 Å². The predicted molar refractivity (Wildman–Crippen MR) is 177 cm³/mol. The third-order valence-electron chi connectivity index (χ3n) is 9.07. The number of rotatable bonds is 4. The summed E-state index contributed by atoms with van der Waals surface area (Å²) in [5, 5.41) is 5.88. The van der Waals surface area contributed by atoms with Crippen LogP contribution in [0.3, 0.4) is 0 Å².